The smallest absolute Gasteiger partial charge is 0.267 e. The highest BCUT2D eigenvalue weighted by Crippen LogP contribution is 2.33. The molecule has 13 nitrogen and oxygen atoms in total. The van der Waals surface area contributed by atoms with Crippen LogP contribution in [-0.4, -0.2) is 93.1 Å². The summed E-state index contributed by atoms with van der Waals surface area (Å²) in [6, 6.07) is 0. The molecule has 32 heavy (non-hydrogen) atoms. The number of ether oxygens (including phenoxy) is 1. The van der Waals surface area contributed by atoms with Crippen LogP contribution in [0.2, 0.25) is 0 Å². The lowest BCUT2D eigenvalue weighted by Crippen LogP contribution is -2.61. The fourth-order valence-corrected chi connectivity index (χ4v) is 5.39. The number of thiol groups is 1. The first-order valence-electron chi connectivity index (χ1n) is 9.45. The summed E-state index contributed by atoms with van der Waals surface area (Å²) in [4.78, 5) is 0. The molecular weight excluding hydrogens is 536 g/mol. The molecule has 1 saturated heterocycles. The maximum Gasteiger partial charge on any atom is 0.267 e. The van der Waals surface area contributed by atoms with Gasteiger partial charge in [-0.15, -0.1) is 12.6 Å². The molecule has 1 aliphatic heterocycles. The molecule has 0 aromatic rings. The van der Waals surface area contributed by atoms with E-state index in [1.54, 1.807) is 0 Å². The summed E-state index contributed by atoms with van der Waals surface area (Å²) >= 11 is 4.07. The summed E-state index contributed by atoms with van der Waals surface area (Å²) in [5.41, 5.74) is -1.48. The lowest BCUT2D eigenvalue weighted by molar-refractivity contribution is -0.177. The highest BCUT2D eigenvalue weighted by atomic mass is 32.2. The Morgan fingerprint density at radius 2 is 1.00 bits per heavy atom. The quantitative estimate of drug-likeness (QED) is 0.217. The van der Waals surface area contributed by atoms with Gasteiger partial charge in [-0.1, -0.05) is 0 Å². The van der Waals surface area contributed by atoms with Gasteiger partial charge in [0.15, 0.2) is 0 Å². The van der Waals surface area contributed by atoms with E-state index in [-0.39, 0.29) is 0 Å². The van der Waals surface area contributed by atoms with Crippen LogP contribution in [0.4, 0.5) is 0 Å². The maximum absolute atomic E-state index is 12.2. The third-order valence-corrected chi connectivity index (χ3v) is 9.49. The number of hydrogen-bond acceptors (Lipinski definition) is 14. The summed E-state index contributed by atoms with van der Waals surface area (Å²) < 4.78 is 122. The van der Waals surface area contributed by atoms with E-state index in [4.69, 9.17) is 21.5 Å². The van der Waals surface area contributed by atoms with E-state index in [0.717, 1.165) is 0 Å². The van der Waals surface area contributed by atoms with Gasteiger partial charge in [0, 0.05) is 0 Å². The molecule has 1 aliphatic rings. The van der Waals surface area contributed by atoms with Gasteiger partial charge in [-0.05, 0) is 27.7 Å². The second-order valence-corrected chi connectivity index (χ2v) is 14.5. The molecule has 5 atom stereocenters. The topological polar surface area (TPSA) is 183 Å². The average Bonchev–Trinajstić information content (AvgIpc) is 2.71. The third-order valence-electron chi connectivity index (χ3n) is 4.21. The van der Waals surface area contributed by atoms with E-state index in [1.807, 2.05) is 0 Å². The first-order chi connectivity index (χ1) is 14.5. The van der Waals surface area contributed by atoms with Crippen molar-refractivity contribution in [2.75, 3.05) is 29.6 Å². The van der Waals surface area contributed by atoms with Crippen LogP contribution in [0.25, 0.3) is 0 Å². The van der Waals surface area contributed by atoms with Crippen LogP contribution in [0.3, 0.4) is 0 Å². The Morgan fingerprint density at radius 3 is 1.41 bits per heavy atom. The van der Waals surface area contributed by atoms with E-state index < -0.39 is 99.9 Å². The predicted octanol–water partition coefficient (Wildman–Crippen LogP) is -0.788. The Morgan fingerprint density at radius 1 is 0.625 bits per heavy atom. The van der Waals surface area contributed by atoms with Crippen LogP contribution in [0.1, 0.15) is 27.7 Å². The van der Waals surface area contributed by atoms with Crippen LogP contribution in [0, 0.1) is 0 Å². The number of rotatable bonds is 13. The molecule has 0 aliphatic carbocycles. The lowest BCUT2D eigenvalue weighted by atomic mass is 10.0. The summed E-state index contributed by atoms with van der Waals surface area (Å²) in [6.07, 6.45) is -6.99. The number of hydrogen-bond donors (Lipinski definition) is 1. The molecule has 0 amide bonds. The fraction of sp³-hybridized carbons (Fsp3) is 1.00. The Labute approximate surface area is 195 Å². The molecule has 0 saturated carbocycles. The minimum Gasteiger partial charge on any atom is -0.356 e. The Balaban J connectivity index is 3.52. The SMILES string of the molecule is CCS(=O)(=O)OC[C@H]1O[C@@H](S)[C@H](OS(=O)(=O)CC)[C@@H](OS(=O)(=O)CC)[C@@H]1OS(=O)(=O)CC. The lowest BCUT2D eigenvalue weighted by Gasteiger charge is -2.43. The van der Waals surface area contributed by atoms with Gasteiger partial charge in [0.1, 0.15) is 29.9 Å². The van der Waals surface area contributed by atoms with Gasteiger partial charge in [-0.2, -0.15) is 33.7 Å². The third kappa shape index (κ3) is 8.95. The van der Waals surface area contributed by atoms with Crippen molar-refractivity contribution in [3.8, 4) is 0 Å². The Kier molecular flexibility index (Phi) is 10.9. The van der Waals surface area contributed by atoms with Crippen molar-refractivity contribution in [2.45, 2.75) is 57.5 Å². The van der Waals surface area contributed by atoms with Gasteiger partial charge in [0.25, 0.3) is 40.5 Å². The van der Waals surface area contributed by atoms with Gasteiger partial charge in [0.05, 0.1) is 29.6 Å². The predicted molar refractivity (Wildman–Crippen MR) is 116 cm³/mol. The first kappa shape index (κ1) is 30.0. The van der Waals surface area contributed by atoms with E-state index in [9.17, 15) is 33.7 Å². The van der Waals surface area contributed by atoms with Crippen LogP contribution >= 0.6 is 12.6 Å². The van der Waals surface area contributed by atoms with Gasteiger partial charge in [0.2, 0.25) is 0 Å². The van der Waals surface area contributed by atoms with Crippen molar-refractivity contribution in [3.63, 3.8) is 0 Å². The molecule has 0 aromatic heterocycles. The van der Waals surface area contributed by atoms with E-state index >= 15 is 0 Å². The molecule has 1 fully saturated rings. The molecule has 0 bridgehead atoms. The fourth-order valence-electron chi connectivity index (χ4n) is 2.32. The van der Waals surface area contributed by atoms with Gasteiger partial charge < -0.3 is 4.74 Å². The first-order valence-corrected chi connectivity index (χ1v) is 16.3. The zero-order valence-corrected chi connectivity index (χ0v) is 22.0. The van der Waals surface area contributed by atoms with Crippen molar-refractivity contribution in [1.82, 2.24) is 0 Å². The maximum atomic E-state index is 12.2. The monoisotopic (exact) mass is 564 g/mol. The van der Waals surface area contributed by atoms with Crippen molar-refractivity contribution in [2.24, 2.45) is 0 Å². The molecule has 18 heteroatoms. The molecule has 0 N–H and O–H groups in total. The second kappa shape index (κ2) is 11.6. The molecule has 0 spiro atoms. The summed E-state index contributed by atoms with van der Waals surface area (Å²) in [7, 11) is -16.8. The van der Waals surface area contributed by atoms with Gasteiger partial charge in [-0.25, -0.2) is 0 Å². The second-order valence-electron chi connectivity index (χ2n) is 6.42. The van der Waals surface area contributed by atoms with Crippen molar-refractivity contribution >= 4 is 53.1 Å². The van der Waals surface area contributed by atoms with Crippen molar-refractivity contribution < 1.29 is 55.1 Å². The zero-order chi connectivity index (χ0) is 25.0. The van der Waals surface area contributed by atoms with Crippen LogP contribution < -0.4 is 0 Å². The molecule has 192 valence electrons. The summed E-state index contributed by atoms with van der Waals surface area (Å²) in [5.74, 6) is -2.00. The summed E-state index contributed by atoms with van der Waals surface area (Å²) in [6.45, 7) is 4.25. The normalized spacial score (nSPS) is 28.0. The highest BCUT2D eigenvalue weighted by molar-refractivity contribution is 7.87. The Hall–Kier alpha value is -0.0500. The van der Waals surface area contributed by atoms with Gasteiger partial charge in [-0.3, -0.25) is 16.7 Å². The highest BCUT2D eigenvalue weighted by Gasteiger charge is 2.52. The van der Waals surface area contributed by atoms with E-state index in [0.29, 0.717) is 0 Å². The van der Waals surface area contributed by atoms with Crippen molar-refractivity contribution in [3.05, 3.63) is 0 Å². The Bertz CT molecular complexity index is 1030. The zero-order valence-electron chi connectivity index (χ0n) is 17.8. The van der Waals surface area contributed by atoms with E-state index in [1.165, 1.54) is 27.7 Å². The average molecular weight is 565 g/mol. The van der Waals surface area contributed by atoms with Crippen molar-refractivity contribution in [1.29, 1.82) is 0 Å². The van der Waals surface area contributed by atoms with Crippen LogP contribution in [0.5, 0.6) is 0 Å². The molecular formula is C14H28O13S5. The van der Waals surface area contributed by atoms with E-state index in [2.05, 4.69) is 12.6 Å². The van der Waals surface area contributed by atoms with Gasteiger partial charge >= 0.3 is 0 Å². The molecule has 0 unspecified atom stereocenters. The van der Waals surface area contributed by atoms with Crippen LogP contribution in [-0.2, 0) is 61.9 Å². The molecule has 1 heterocycles. The molecule has 1 rings (SSSR count). The minimum absolute atomic E-state index is 0.409. The standard InChI is InChI=1S/C14H28O13S5/c1-5-29(15,16)23-9-10-11(25-30(17,18)6-2)12(26-31(19,20)7-3)13(14(28)24-10)27-32(21,22)8-4/h10-14,28H,5-9H2,1-4H3/t10-,11-,12+,13-,14+/m1/s1. The summed E-state index contributed by atoms with van der Waals surface area (Å²) in [5, 5.41) is 0. The largest absolute Gasteiger partial charge is 0.356 e. The minimum atomic E-state index is -4.30. The molecule has 0 aromatic carbocycles. The van der Waals surface area contributed by atoms with Crippen LogP contribution in [0.15, 0.2) is 0 Å². The molecule has 0 radical (unpaired) electrons.